The number of benzene rings is 2. The maximum Gasteiger partial charge on any atom is 0.231 e. The summed E-state index contributed by atoms with van der Waals surface area (Å²) in [6, 6.07) is 16.5. The largest absolute Gasteiger partial charge is 1.00 e. The molecule has 0 radical (unpaired) electrons. The monoisotopic (exact) mass is 526 g/mol. The minimum absolute atomic E-state index is 0. The highest BCUT2D eigenvalue weighted by Gasteiger charge is 2.45. The average molecular weight is 528 g/mol. The number of nitrogens with zero attached hydrogens (tertiary/aromatic N) is 2. The molecule has 2 aromatic carbocycles. The lowest BCUT2D eigenvalue weighted by Gasteiger charge is -2.32. The molecule has 34 heavy (non-hydrogen) atoms. The fourth-order valence-electron chi connectivity index (χ4n) is 5.45. The molecule has 2 aliphatic rings. The zero-order valence-corrected chi connectivity index (χ0v) is 21.8. The van der Waals surface area contributed by atoms with Crippen molar-refractivity contribution in [1.29, 1.82) is 0 Å². The third-order valence-corrected chi connectivity index (χ3v) is 7.38. The standard InChI is InChI=1S/C28H35N2O3.BrH/c1-30(2,16-14-21-12-13-26-22(18-21)15-17-32-26)20-25-19-29-27(33-25)28(31,24-10-6-7-11-24)23-8-4-3-5-9-23;/h3-5,8-9,12-13,18-19,24,31H,6-7,10-11,14-17,20H2,1-2H3;1H/q+1;/p-1. The van der Waals surface area contributed by atoms with E-state index in [0.717, 1.165) is 79.8 Å². The highest BCUT2D eigenvalue weighted by Crippen LogP contribution is 2.44. The first-order valence-corrected chi connectivity index (χ1v) is 12.2. The number of ether oxygens (including phenoxy) is 1. The van der Waals surface area contributed by atoms with Crippen LogP contribution in [-0.2, 0) is 25.0 Å². The Hall–Kier alpha value is -2.15. The first kappa shape index (κ1) is 25.0. The average Bonchev–Trinajstić information content (AvgIpc) is 3.59. The van der Waals surface area contributed by atoms with Gasteiger partial charge in [0, 0.05) is 18.8 Å². The van der Waals surface area contributed by atoms with Crippen LogP contribution in [0.5, 0.6) is 5.75 Å². The maximum atomic E-state index is 11.9. The van der Waals surface area contributed by atoms with Crippen LogP contribution in [0, 0.1) is 5.92 Å². The van der Waals surface area contributed by atoms with E-state index in [1.165, 1.54) is 11.1 Å². The first-order valence-electron chi connectivity index (χ1n) is 12.2. The minimum atomic E-state index is -1.17. The van der Waals surface area contributed by atoms with Crippen LogP contribution in [0.25, 0.3) is 0 Å². The molecule has 1 aliphatic carbocycles. The van der Waals surface area contributed by atoms with Gasteiger partial charge in [0.15, 0.2) is 11.4 Å². The summed E-state index contributed by atoms with van der Waals surface area (Å²) in [5.74, 6) is 2.44. The van der Waals surface area contributed by atoms with Crippen molar-refractivity contribution in [2.75, 3.05) is 27.2 Å². The van der Waals surface area contributed by atoms with Crippen molar-refractivity contribution in [3.63, 3.8) is 0 Å². The van der Waals surface area contributed by atoms with Crippen LogP contribution in [0.3, 0.4) is 0 Å². The molecular formula is C28H35BrN2O3. The molecule has 1 saturated carbocycles. The molecule has 1 fully saturated rings. The molecule has 5 nitrogen and oxygen atoms in total. The molecule has 1 aliphatic heterocycles. The number of hydrogen-bond acceptors (Lipinski definition) is 4. The molecule has 1 N–H and O–H groups in total. The zero-order chi connectivity index (χ0) is 22.9. The summed E-state index contributed by atoms with van der Waals surface area (Å²) in [6.45, 7) is 2.52. The lowest BCUT2D eigenvalue weighted by atomic mass is 9.80. The predicted octanol–water partition coefficient (Wildman–Crippen LogP) is 1.86. The molecule has 0 bridgehead atoms. The number of rotatable bonds is 8. The molecule has 0 amide bonds. The van der Waals surface area contributed by atoms with Gasteiger partial charge in [-0.2, -0.15) is 0 Å². The number of aliphatic hydroxyl groups is 1. The topological polar surface area (TPSA) is 55.5 Å². The van der Waals surface area contributed by atoms with E-state index in [0.29, 0.717) is 5.89 Å². The van der Waals surface area contributed by atoms with Crippen LogP contribution in [0.1, 0.15) is 54.0 Å². The van der Waals surface area contributed by atoms with Gasteiger partial charge in [0.2, 0.25) is 5.89 Å². The van der Waals surface area contributed by atoms with Crippen LogP contribution in [-0.4, -0.2) is 41.8 Å². The number of halogens is 1. The van der Waals surface area contributed by atoms with Crippen molar-refractivity contribution in [2.24, 2.45) is 5.92 Å². The van der Waals surface area contributed by atoms with Gasteiger partial charge >= 0.3 is 0 Å². The van der Waals surface area contributed by atoms with Crippen molar-refractivity contribution in [2.45, 2.75) is 50.7 Å². The molecule has 1 unspecified atom stereocenters. The highest BCUT2D eigenvalue weighted by molar-refractivity contribution is 5.39. The molecule has 0 spiro atoms. The Morgan fingerprint density at radius 2 is 1.85 bits per heavy atom. The van der Waals surface area contributed by atoms with Gasteiger partial charge in [0.05, 0.1) is 33.4 Å². The van der Waals surface area contributed by atoms with E-state index in [9.17, 15) is 5.11 Å². The molecule has 1 atom stereocenters. The molecule has 2 heterocycles. The summed E-state index contributed by atoms with van der Waals surface area (Å²) in [7, 11) is 4.44. The second-order valence-electron chi connectivity index (χ2n) is 10.4. The Labute approximate surface area is 213 Å². The van der Waals surface area contributed by atoms with E-state index in [2.05, 4.69) is 37.3 Å². The highest BCUT2D eigenvalue weighted by atomic mass is 79.9. The van der Waals surface area contributed by atoms with E-state index < -0.39 is 5.60 Å². The first-order chi connectivity index (χ1) is 15.9. The van der Waals surface area contributed by atoms with Gasteiger partial charge < -0.3 is 35.7 Å². The Morgan fingerprint density at radius 1 is 1.09 bits per heavy atom. The summed E-state index contributed by atoms with van der Waals surface area (Å²) in [4.78, 5) is 4.61. The van der Waals surface area contributed by atoms with E-state index in [-0.39, 0.29) is 22.9 Å². The summed E-state index contributed by atoms with van der Waals surface area (Å²) in [6.07, 6.45) is 8.10. The van der Waals surface area contributed by atoms with E-state index in [4.69, 9.17) is 9.15 Å². The zero-order valence-electron chi connectivity index (χ0n) is 20.2. The lowest BCUT2D eigenvalue weighted by molar-refractivity contribution is -0.904. The number of aromatic nitrogens is 1. The van der Waals surface area contributed by atoms with Crippen LogP contribution < -0.4 is 21.7 Å². The van der Waals surface area contributed by atoms with Crippen LogP contribution in [0.15, 0.2) is 59.1 Å². The Kier molecular flexibility index (Phi) is 7.51. The SMILES string of the molecule is C[N+](C)(CCc1ccc2c(c1)CCO2)Cc1cnc(C(O)(c2ccccc2)C2CCCC2)o1.[Br-]. The second kappa shape index (κ2) is 10.2. The third-order valence-electron chi connectivity index (χ3n) is 7.38. The van der Waals surface area contributed by atoms with Crippen LogP contribution in [0.4, 0.5) is 0 Å². The smallest absolute Gasteiger partial charge is 0.231 e. The number of quaternary nitrogens is 1. The van der Waals surface area contributed by atoms with Gasteiger partial charge in [-0.1, -0.05) is 55.3 Å². The minimum Gasteiger partial charge on any atom is -1.00 e. The Morgan fingerprint density at radius 3 is 2.62 bits per heavy atom. The molecule has 3 aromatic rings. The second-order valence-corrected chi connectivity index (χ2v) is 10.4. The van der Waals surface area contributed by atoms with Gasteiger partial charge in [0.25, 0.3) is 0 Å². The van der Waals surface area contributed by atoms with Crippen LogP contribution >= 0.6 is 0 Å². The number of fused-ring (bicyclic) bond motifs is 1. The summed E-state index contributed by atoms with van der Waals surface area (Å²) in [5.41, 5.74) is 2.38. The van der Waals surface area contributed by atoms with Crippen molar-refractivity contribution >= 4 is 0 Å². The molecule has 6 heteroatoms. The fraction of sp³-hybridized carbons (Fsp3) is 0.464. The van der Waals surface area contributed by atoms with Gasteiger partial charge in [-0.15, -0.1) is 0 Å². The third kappa shape index (κ3) is 5.09. The van der Waals surface area contributed by atoms with Gasteiger partial charge in [-0.25, -0.2) is 4.98 Å². The molecule has 0 saturated heterocycles. The van der Waals surface area contributed by atoms with Crippen molar-refractivity contribution in [3.05, 3.63) is 83.1 Å². The van der Waals surface area contributed by atoms with Gasteiger partial charge in [-0.3, -0.25) is 0 Å². The molecular weight excluding hydrogens is 492 g/mol. The molecule has 5 rings (SSSR count). The van der Waals surface area contributed by atoms with Crippen molar-refractivity contribution in [1.82, 2.24) is 4.98 Å². The molecule has 182 valence electrons. The predicted molar refractivity (Wildman–Crippen MR) is 128 cm³/mol. The number of oxazole rings is 1. The van der Waals surface area contributed by atoms with Crippen molar-refractivity contribution in [3.8, 4) is 5.75 Å². The van der Waals surface area contributed by atoms with Crippen molar-refractivity contribution < 1.29 is 35.7 Å². The number of likely N-dealkylation sites (N-methyl/N-ethyl adjacent to an activating group) is 1. The molecule has 1 aromatic heterocycles. The van der Waals surface area contributed by atoms with Gasteiger partial charge in [0.1, 0.15) is 12.3 Å². The van der Waals surface area contributed by atoms with Crippen LogP contribution in [0.2, 0.25) is 0 Å². The lowest BCUT2D eigenvalue weighted by Crippen LogP contribution is -3.00. The summed E-state index contributed by atoms with van der Waals surface area (Å²) in [5, 5.41) is 11.9. The quantitative estimate of drug-likeness (QED) is 0.455. The Balaban J connectivity index is 0.00000274. The van der Waals surface area contributed by atoms with Gasteiger partial charge in [-0.05, 0) is 35.6 Å². The van der Waals surface area contributed by atoms with E-state index >= 15 is 0 Å². The summed E-state index contributed by atoms with van der Waals surface area (Å²) >= 11 is 0. The Bertz CT molecular complexity index is 1090. The summed E-state index contributed by atoms with van der Waals surface area (Å²) < 4.78 is 12.7. The maximum absolute atomic E-state index is 11.9. The van der Waals surface area contributed by atoms with E-state index in [1.54, 1.807) is 0 Å². The normalized spacial score (nSPS) is 17.6. The fourth-order valence-corrected chi connectivity index (χ4v) is 5.45. The number of hydrogen-bond donors (Lipinski definition) is 1. The van der Waals surface area contributed by atoms with E-state index in [1.807, 2.05) is 36.5 Å².